The lowest BCUT2D eigenvalue weighted by Gasteiger charge is -2.29. The third kappa shape index (κ3) is 4.26. The van der Waals surface area contributed by atoms with Gasteiger partial charge in [0.25, 0.3) is 0 Å². The largest absolute Gasteiger partial charge is 0.469 e. The van der Waals surface area contributed by atoms with Gasteiger partial charge in [0.05, 0.1) is 25.7 Å². The Labute approximate surface area is 102 Å². The Morgan fingerprint density at radius 1 is 1.47 bits per heavy atom. The zero-order valence-corrected chi connectivity index (χ0v) is 10.5. The van der Waals surface area contributed by atoms with Gasteiger partial charge in [0.15, 0.2) is 0 Å². The fourth-order valence-electron chi connectivity index (χ4n) is 2.08. The van der Waals surface area contributed by atoms with E-state index < -0.39 is 5.41 Å². The number of nitrogens with two attached hydrogens (primary N) is 1. The molecule has 1 rings (SSSR count). The van der Waals surface area contributed by atoms with E-state index in [2.05, 4.69) is 0 Å². The number of ether oxygens (including phenoxy) is 2. The number of hydrogen-bond donors (Lipinski definition) is 2. The highest BCUT2D eigenvalue weighted by Gasteiger charge is 2.42. The normalized spacial score (nSPS) is 18.8. The highest BCUT2D eigenvalue weighted by molar-refractivity contribution is 5.77. The molecular weight excluding hydrogens is 222 g/mol. The van der Waals surface area contributed by atoms with Crippen LogP contribution in [-0.2, 0) is 14.3 Å². The quantitative estimate of drug-likeness (QED) is 0.451. The molecule has 5 nitrogen and oxygen atoms in total. The maximum atomic E-state index is 11.9. The van der Waals surface area contributed by atoms with Crippen LogP contribution in [0.2, 0.25) is 0 Å². The molecular formula is C12H23NO4. The fraction of sp³-hybridized carbons (Fsp3) is 0.917. The molecule has 3 N–H and O–H groups in total. The van der Waals surface area contributed by atoms with Gasteiger partial charge in [-0.2, -0.15) is 0 Å². The highest BCUT2D eigenvalue weighted by atomic mass is 16.5. The van der Waals surface area contributed by atoms with Crippen molar-refractivity contribution < 1.29 is 19.4 Å². The summed E-state index contributed by atoms with van der Waals surface area (Å²) < 4.78 is 10.1. The van der Waals surface area contributed by atoms with E-state index in [0.717, 1.165) is 6.42 Å². The van der Waals surface area contributed by atoms with Crippen LogP contribution >= 0.6 is 0 Å². The molecule has 0 heterocycles. The van der Waals surface area contributed by atoms with Crippen LogP contribution in [-0.4, -0.2) is 44.6 Å². The molecule has 0 aromatic carbocycles. The number of hydrogen-bond acceptors (Lipinski definition) is 5. The van der Waals surface area contributed by atoms with E-state index in [0.29, 0.717) is 32.1 Å². The van der Waals surface area contributed by atoms with Crippen molar-refractivity contribution in [2.75, 3.05) is 33.5 Å². The maximum Gasteiger partial charge on any atom is 0.313 e. The Balaban J connectivity index is 2.51. The average molecular weight is 245 g/mol. The predicted octanol–water partition coefficient (Wildman–Crippen LogP) is 0.304. The van der Waals surface area contributed by atoms with E-state index >= 15 is 0 Å². The third-order valence-corrected chi connectivity index (χ3v) is 3.35. The first-order chi connectivity index (χ1) is 8.18. The Hall–Kier alpha value is -0.650. The van der Waals surface area contributed by atoms with E-state index in [1.165, 1.54) is 20.0 Å². The molecule has 0 aromatic heterocycles. The fourth-order valence-corrected chi connectivity index (χ4v) is 2.08. The summed E-state index contributed by atoms with van der Waals surface area (Å²) in [4.78, 5) is 11.9. The molecule has 1 aliphatic rings. The van der Waals surface area contributed by atoms with E-state index in [-0.39, 0.29) is 12.6 Å². The van der Waals surface area contributed by atoms with Crippen LogP contribution in [0.5, 0.6) is 0 Å². The number of rotatable bonds is 9. The Morgan fingerprint density at radius 2 is 2.18 bits per heavy atom. The van der Waals surface area contributed by atoms with Crippen LogP contribution in [0.1, 0.15) is 25.7 Å². The van der Waals surface area contributed by atoms with Crippen molar-refractivity contribution in [3.05, 3.63) is 0 Å². The zero-order valence-electron chi connectivity index (χ0n) is 10.5. The van der Waals surface area contributed by atoms with Gasteiger partial charge in [-0.25, -0.2) is 0 Å². The number of esters is 1. The van der Waals surface area contributed by atoms with Crippen LogP contribution in [0.15, 0.2) is 0 Å². The van der Waals surface area contributed by atoms with Crippen molar-refractivity contribution in [1.29, 1.82) is 0 Å². The lowest BCUT2D eigenvalue weighted by atomic mass is 9.79. The second-order valence-corrected chi connectivity index (χ2v) is 4.71. The minimum Gasteiger partial charge on any atom is -0.469 e. The third-order valence-electron chi connectivity index (χ3n) is 3.35. The lowest BCUT2D eigenvalue weighted by Crippen LogP contribution is -2.41. The van der Waals surface area contributed by atoms with Crippen LogP contribution in [0.4, 0.5) is 0 Å². The topological polar surface area (TPSA) is 81.8 Å². The number of aliphatic hydroxyl groups excluding tert-OH is 1. The van der Waals surface area contributed by atoms with Crippen LogP contribution in [0.3, 0.4) is 0 Å². The summed E-state index contributed by atoms with van der Waals surface area (Å²) in [6.07, 6.45) is 3.71. The second-order valence-electron chi connectivity index (χ2n) is 4.71. The van der Waals surface area contributed by atoms with E-state index in [4.69, 9.17) is 20.3 Å². The number of aliphatic hydroxyl groups is 1. The van der Waals surface area contributed by atoms with Gasteiger partial charge in [0.1, 0.15) is 0 Å². The lowest BCUT2D eigenvalue weighted by molar-refractivity contribution is -0.154. The summed E-state index contributed by atoms with van der Waals surface area (Å²) in [7, 11) is 1.40. The summed E-state index contributed by atoms with van der Waals surface area (Å²) in [5.41, 5.74) is 5.16. The van der Waals surface area contributed by atoms with E-state index in [1.54, 1.807) is 0 Å². The van der Waals surface area contributed by atoms with Gasteiger partial charge in [0.2, 0.25) is 0 Å². The molecule has 1 aliphatic carbocycles. The van der Waals surface area contributed by atoms with Gasteiger partial charge in [-0.05, 0) is 18.8 Å². The maximum absolute atomic E-state index is 11.9. The summed E-state index contributed by atoms with van der Waals surface area (Å²) >= 11 is 0. The second kappa shape index (κ2) is 6.93. The number of carbonyl (C=O) groups excluding carboxylic acids is 1. The number of carbonyl (C=O) groups is 1. The van der Waals surface area contributed by atoms with Gasteiger partial charge >= 0.3 is 5.97 Å². The molecule has 0 saturated heterocycles. The van der Waals surface area contributed by atoms with Gasteiger partial charge in [-0.3, -0.25) is 4.79 Å². The van der Waals surface area contributed by atoms with Crippen molar-refractivity contribution in [3.63, 3.8) is 0 Å². The Kier molecular flexibility index (Phi) is 5.88. The molecule has 0 radical (unpaired) electrons. The molecule has 1 unspecified atom stereocenters. The number of methoxy groups -OCH3 is 1. The van der Waals surface area contributed by atoms with Crippen molar-refractivity contribution in [2.24, 2.45) is 17.1 Å². The van der Waals surface area contributed by atoms with Gasteiger partial charge < -0.3 is 20.3 Å². The molecule has 0 bridgehead atoms. The molecule has 1 saturated carbocycles. The highest BCUT2D eigenvalue weighted by Crippen LogP contribution is 2.42. The van der Waals surface area contributed by atoms with Gasteiger partial charge in [0, 0.05) is 13.2 Å². The smallest absolute Gasteiger partial charge is 0.313 e. The van der Waals surface area contributed by atoms with E-state index in [9.17, 15) is 4.79 Å². The Morgan fingerprint density at radius 3 is 2.65 bits per heavy atom. The minimum absolute atomic E-state index is 0.00350. The first kappa shape index (κ1) is 14.4. The van der Waals surface area contributed by atoms with Crippen molar-refractivity contribution in [2.45, 2.75) is 25.7 Å². The van der Waals surface area contributed by atoms with Crippen LogP contribution in [0, 0.1) is 11.3 Å². The monoisotopic (exact) mass is 245 g/mol. The molecule has 0 aliphatic heterocycles. The molecule has 0 amide bonds. The van der Waals surface area contributed by atoms with Crippen molar-refractivity contribution in [1.82, 2.24) is 0 Å². The molecule has 100 valence electrons. The van der Waals surface area contributed by atoms with Crippen LogP contribution < -0.4 is 5.73 Å². The standard InChI is InChI=1S/C12H23NO4/c1-16-11(15)12(9-13,8-10-2-3-10)4-6-17-7-5-14/h10,14H,2-9,13H2,1H3. The SMILES string of the molecule is COC(=O)C(CN)(CCOCCO)CC1CC1. The van der Waals surface area contributed by atoms with Crippen molar-refractivity contribution in [3.8, 4) is 0 Å². The minimum atomic E-state index is -0.606. The van der Waals surface area contributed by atoms with Gasteiger partial charge in [-0.1, -0.05) is 12.8 Å². The van der Waals surface area contributed by atoms with Crippen molar-refractivity contribution >= 4 is 5.97 Å². The molecule has 0 aromatic rings. The molecule has 5 heteroatoms. The molecule has 17 heavy (non-hydrogen) atoms. The molecule has 1 atom stereocenters. The summed E-state index contributed by atoms with van der Waals surface area (Å²) in [6.45, 7) is 1.01. The molecule has 0 spiro atoms. The summed E-state index contributed by atoms with van der Waals surface area (Å²) in [5, 5.41) is 8.62. The van der Waals surface area contributed by atoms with Crippen LogP contribution in [0.25, 0.3) is 0 Å². The summed E-state index contributed by atoms with van der Waals surface area (Å²) in [5.74, 6) is 0.370. The zero-order chi connectivity index (χ0) is 12.7. The first-order valence-corrected chi connectivity index (χ1v) is 6.15. The summed E-state index contributed by atoms with van der Waals surface area (Å²) in [6, 6.07) is 0. The first-order valence-electron chi connectivity index (χ1n) is 6.15. The Bertz CT molecular complexity index is 243. The van der Waals surface area contributed by atoms with E-state index in [1.807, 2.05) is 0 Å². The predicted molar refractivity (Wildman–Crippen MR) is 63.4 cm³/mol. The average Bonchev–Trinajstić information content (AvgIpc) is 3.16. The van der Waals surface area contributed by atoms with Gasteiger partial charge in [-0.15, -0.1) is 0 Å². The molecule has 1 fully saturated rings.